The van der Waals surface area contributed by atoms with Gasteiger partial charge in [0.2, 0.25) is 10.0 Å². The van der Waals surface area contributed by atoms with Gasteiger partial charge in [0, 0.05) is 5.56 Å². The summed E-state index contributed by atoms with van der Waals surface area (Å²) in [4.78, 5) is 11.8. The molecule has 1 N–H and O–H groups in total. The molecule has 32 heavy (non-hydrogen) atoms. The molecule has 1 aliphatic rings. The topological polar surface area (TPSA) is 74.7 Å². The van der Waals surface area contributed by atoms with E-state index in [-0.39, 0.29) is 13.0 Å². The van der Waals surface area contributed by atoms with Crippen LogP contribution in [0.1, 0.15) is 33.4 Å². The van der Waals surface area contributed by atoms with Crippen molar-refractivity contribution in [3.63, 3.8) is 0 Å². The molecule has 0 fully saturated rings. The number of carboxylic acids is 1. The van der Waals surface area contributed by atoms with Gasteiger partial charge in [-0.05, 0) is 72.2 Å². The van der Waals surface area contributed by atoms with Crippen LogP contribution in [0.5, 0.6) is 0 Å². The molecule has 0 saturated heterocycles. The highest BCUT2D eigenvalue weighted by atomic mass is 32.2. The van der Waals surface area contributed by atoms with Crippen LogP contribution >= 0.6 is 0 Å². The third-order valence-electron chi connectivity index (χ3n) is 6.34. The van der Waals surface area contributed by atoms with Crippen molar-refractivity contribution in [1.82, 2.24) is 0 Å². The zero-order chi connectivity index (χ0) is 23.4. The second-order valence-electron chi connectivity index (χ2n) is 8.64. The summed E-state index contributed by atoms with van der Waals surface area (Å²) >= 11 is 0. The molecule has 0 saturated carbocycles. The Morgan fingerprint density at radius 3 is 2.19 bits per heavy atom. The quantitative estimate of drug-likeness (QED) is 0.597. The van der Waals surface area contributed by atoms with Crippen LogP contribution in [-0.4, -0.2) is 25.7 Å². The molecule has 5 nitrogen and oxygen atoms in total. The van der Waals surface area contributed by atoms with Gasteiger partial charge in [0.1, 0.15) is 0 Å². The van der Waals surface area contributed by atoms with E-state index in [1.807, 2.05) is 70.2 Å². The fraction of sp³-hybridized carbons (Fsp3) is 0.269. The number of anilines is 1. The predicted molar refractivity (Wildman–Crippen MR) is 129 cm³/mol. The van der Waals surface area contributed by atoms with Gasteiger partial charge < -0.3 is 5.11 Å². The SMILES string of the molecule is Cc1ccc(-c2c(C)c3c(c(C)c2CC(=O)O)N(S(C)(=O)=O)Cc2cccc(C)c2-3)cc1. The standard InChI is InChI=1S/C26H27NO4S/c1-15-9-11-19(12-10-15)24-18(4)25-23-16(2)7-6-8-20(23)14-27(32(5,30)31)26(25)17(3)21(24)13-22(28)29/h6-12H,13-14H2,1-5H3,(H,28,29). The molecular formula is C26H27NO4S. The number of benzene rings is 3. The van der Waals surface area contributed by atoms with Crippen molar-refractivity contribution in [3.8, 4) is 22.3 Å². The van der Waals surface area contributed by atoms with E-state index in [1.54, 1.807) is 0 Å². The summed E-state index contributed by atoms with van der Waals surface area (Å²) in [5.74, 6) is -0.945. The minimum Gasteiger partial charge on any atom is -0.481 e. The molecule has 0 atom stereocenters. The van der Waals surface area contributed by atoms with E-state index in [9.17, 15) is 18.3 Å². The Labute approximate surface area is 189 Å². The normalized spacial score (nSPS) is 13.0. The Kier molecular flexibility index (Phi) is 5.37. The minimum atomic E-state index is -3.58. The number of hydrogen-bond acceptors (Lipinski definition) is 3. The molecule has 0 aromatic heterocycles. The number of rotatable bonds is 4. The summed E-state index contributed by atoms with van der Waals surface area (Å²) in [5, 5.41) is 9.70. The lowest BCUT2D eigenvalue weighted by atomic mass is 9.80. The monoisotopic (exact) mass is 449 g/mol. The molecule has 166 valence electrons. The second kappa shape index (κ2) is 7.78. The number of aliphatic carboxylic acids is 1. The Morgan fingerprint density at radius 1 is 0.938 bits per heavy atom. The number of hydrogen-bond donors (Lipinski definition) is 1. The predicted octanol–water partition coefficient (Wildman–Crippen LogP) is 5.16. The highest BCUT2D eigenvalue weighted by Gasteiger charge is 2.34. The van der Waals surface area contributed by atoms with Crippen LogP contribution in [0.4, 0.5) is 5.69 Å². The van der Waals surface area contributed by atoms with Crippen molar-refractivity contribution in [2.75, 3.05) is 10.6 Å². The van der Waals surface area contributed by atoms with Crippen molar-refractivity contribution in [1.29, 1.82) is 0 Å². The fourth-order valence-corrected chi connectivity index (χ4v) is 5.82. The summed E-state index contributed by atoms with van der Waals surface area (Å²) in [5.41, 5.74) is 9.70. The molecule has 3 aromatic rings. The van der Waals surface area contributed by atoms with Gasteiger partial charge >= 0.3 is 5.97 Å². The molecule has 3 aromatic carbocycles. The third-order valence-corrected chi connectivity index (χ3v) is 7.45. The van der Waals surface area contributed by atoms with Crippen molar-refractivity contribution in [3.05, 3.63) is 75.8 Å². The van der Waals surface area contributed by atoms with Crippen LogP contribution in [-0.2, 0) is 27.8 Å². The largest absolute Gasteiger partial charge is 0.481 e. The van der Waals surface area contributed by atoms with Crippen LogP contribution in [0, 0.1) is 27.7 Å². The van der Waals surface area contributed by atoms with E-state index in [4.69, 9.17) is 0 Å². The van der Waals surface area contributed by atoms with E-state index in [0.29, 0.717) is 16.8 Å². The molecule has 0 aliphatic carbocycles. The summed E-state index contributed by atoms with van der Waals surface area (Å²) in [6.07, 6.45) is 1.03. The van der Waals surface area contributed by atoms with E-state index in [2.05, 4.69) is 0 Å². The van der Waals surface area contributed by atoms with Crippen molar-refractivity contribution >= 4 is 21.7 Å². The van der Waals surface area contributed by atoms with Gasteiger partial charge in [-0.15, -0.1) is 0 Å². The lowest BCUT2D eigenvalue weighted by molar-refractivity contribution is -0.136. The maximum absolute atomic E-state index is 12.8. The van der Waals surface area contributed by atoms with Gasteiger partial charge in [-0.2, -0.15) is 0 Å². The molecular weight excluding hydrogens is 422 g/mol. The van der Waals surface area contributed by atoms with Gasteiger partial charge in [-0.1, -0.05) is 48.0 Å². The van der Waals surface area contributed by atoms with Crippen LogP contribution < -0.4 is 4.31 Å². The van der Waals surface area contributed by atoms with Gasteiger partial charge in [-0.25, -0.2) is 8.42 Å². The number of fused-ring (bicyclic) bond motifs is 3. The molecule has 0 bridgehead atoms. The Morgan fingerprint density at radius 2 is 1.59 bits per heavy atom. The fourth-order valence-electron chi connectivity index (χ4n) is 4.88. The average molecular weight is 450 g/mol. The molecule has 0 spiro atoms. The van der Waals surface area contributed by atoms with E-state index in [0.717, 1.165) is 44.5 Å². The Hall–Kier alpha value is -3.12. The number of nitrogens with zero attached hydrogens (tertiary/aromatic N) is 1. The smallest absolute Gasteiger partial charge is 0.307 e. The minimum absolute atomic E-state index is 0.179. The maximum Gasteiger partial charge on any atom is 0.307 e. The van der Waals surface area contributed by atoms with E-state index < -0.39 is 16.0 Å². The Bertz CT molecular complexity index is 1360. The molecule has 0 unspecified atom stereocenters. The molecule has 1 heterocycles. The molecule has 1 aliphatic heterocycles. The number of carboxylic acid groups (broad SMARTS) is 1. The van der Waals surface area contributed by atoms with Gasteiger partial charge in [0.05, 0.1) is 24.9 Å². The van der Waals surface area contributed by atoms with Gasteiger partial charge in [-0.3, -0.25) is 9.10 Å². The highest BCUT2D eigenvalue weighted by Crippen LogP contribution is 2.50. The zero-order valence-corrected chi connectivity index (χ0v) is 19.8. The van der Waals surface area contributed by atoms with Crippen LogP contribution in [0.3, 0.4) is 0 Å². The van der Waals surface area contributed by atoms with Crippen molar-refractivity contribution < 1.29 is 18.3 Å². The van der Waals surface area contributed by atoms with Crippen LogP contribution in [0.15, 0.2) is 42.5 Å². The summed E-state index contributed by atoms with van der Waals surface area (Å²) < 4.78 is 27.1. The van der Waals surface area contributed by atoms with E-state index in [1.165, 1.54) is 10.6 Å². The first-order chi connectivity index (χ1) is 15.0. The average Bonchev–Trinajstić information content (AvgIpc) is 2.71. The first-order valence-corrected chi connectivity index (χ1v) is 12.4. The lowest BCUT2D eigenvalue weighted by Gasteiger charge is -2.36. The highest BCUT2D eigenvalue weighted by molar-refractivity contribution is 7.92. The zero-order valence-electron chi connectivity index (χ0n) is 19.0. The van der Waals surface area contributed by atoms with Gasteiger partial charge in [0.25, 0.3) is 0 Å². The second-order valence-corrected chi connectivity index (χ2v) is 10.5. The van der Waals surface area contributed by atoms with E-state index >= 15 is 0 Å². The maximum atomic E-state index is 12.8. The first-order valence-electron chi connectivity index (χ1n) is 10.5. The molecule has 0 radical (unpaired) electrons. The molecule has 6 heteroatoms. The number of aryl methyl sites for hydroxylation is 2. The summed E-state index contributed by atoms with van der Waals surface area (Å²) in [7, 11) is -3.58. The van der Waals surface area contributed by atoms with Crippen molar-refractivity contribution in [2.24, 2.45) is 0 Å². The summed E-state index contributed by atoms with van der Waals surface area (Å²) in [6, 6.07) is 14.0. The summed E-state index contributed by atoms with van der Waals surface area (Å²) in [6.45, 7) is 8.09. The molecule has 0 amide bonds. The van der Waals surface area contributed by atoms with Crippen LogP contribution in [0.25, 0.3) is 22.3 Å². The first kappa shape index (κ1) is 22.1. The van der Waals surface area contributed by atoms with Gasteiger partial charge in [0.15, 0.2) is 0 Å². The number of carbonyl (C=O) groups is 1. The third kappa shape index (κ3) is 3.58. The van der Waals surface area contributed by atoms with Crippen LogP contribution in [0.2, 0.25) is 0 Å². The Balaban J connectivity index is 2.19. The number of sulfonamides is 1. The van der Waals surface area contributed by atoms with Crippen molar-refractivity contribution in [2.45, 2.75) is 40.7 Å². The lowest BCUT2D eigenvalue weighted by Crippen LogP contribution is -2.34. The molecule has 4 rings (SSSR count).